The molecule has 3 N–H and O–H groups in total. The highest BCUT2D eigenvalue weighted by molar-refractivity contribution is 9.09. The highest BCUT2D eigenvalue weighted by Crippen LogP contribution is 2.67. The van der Waals surface area contributed by atoms with Crippen molar-refractivity contribution in [2.24, 2.45) is 17.3 Å². The predicted octanol–water partition coefficient (Wildman–Crippen LogP) is 2.69. The molecule has 0 aromatic carbocycles. The first-order chi connectivity index (χ1) is 15.2. The molecule has 1 spiro atoms. The van der Waals surface area contributed by atoms with Crippen LogP contribution in [0.4, 0.5) is 0 Å². The van der Waals surface area contributed by atoms with Crippen LogP contribution in [-0.4, -0.2) is 73.3 Å². The van der Waals surface area contributed by atoms with Crippen molar-refractivity contribution in [2.75, 3.05) is 13.2 Å². The van der Waals surface area contributed by atoms with Crippen LogP contribution in [0.2, 0.25) is 0 Å². The van der Waals surface area contributed by atoms with Gasteiger partial charge in [-0.1, -0.05) is 43.6 Å². The average Bonchev–Trinajstić information content (AvgIpc) is 3.26. The number of nitrogens with zero attached hydrogens (tertiary/aromatic N) is 1. The van der Waals surface area contributed by atoms with Crippen molar-refractivity contribution in [3.05, 3.63) is 0 Å². The third kappa shape index (κ3) is 4.83. The lowest BCUT2D eigenvalue weighted by molar-refractivity contribution is -0.142. The minimum Gasteiger partial charge on any atom is -0.394 e. The quantitative estimate of drug-likeness (QED) is 0.407. The topological polar surface area (TPSA) is 98.7 Å². The van der Waals surface area contributed by atoms with Crippen LogP contribution in [0.3, 0.4) is 0 Å². The number of rotatable bonds is 8. The number of thioether (sulfide) groups is 1. The van der Waals surface area contributed by atoms with Gasteiger partial charge in [-0.25, -0.2) is 0 Å². The van der Waals surface area contributed by atoms with Gasteiger partial charge in [0.25, 0.3) is 0 Å². The molecule has 0 aliphatic carbocycles. The van der Waals surface area contributed by atoms with Crippen molar-refractivity contribution in [3.63, 3.8) is 0 Å². The van der Waals surface area contributed by atoms with Crippen LogP contribution in [0.25, 0.3) is 0 Å². The van der Waals surface area contributed by atoms with Crippen molar-refractivity contribution in [1.29, 1.82) is 0 Å². The number of fused-ring (bicyclic) bond motifs is 1. The lowest BCUT2D eigenvalue weighted by Gasteiger charge is -2.40. The Labute approximate surface area is 210 Å². The third-order valence-electron chi connectivity index (χ3n) is 7.00. The Kier molecular flexibility index (Phi) is 7.58. The van der Waals surface area contributed by atoms with Gasteiger partial charge >= 0.3 is 0 Å². The number of amides is 3. The van der Waals surface area contributed by atoms with E-state index in [1.807, 2.05) is 20.8 Å². The van der Waals surface area contributed by atoms with Crippen LogP contribution in [0, 0.1) is 17.3 Å². The molecule has 0 saturated carbocycles. The Morgan fingerprint density at radius 3 is 2.45 bits per heavy atom. The molecule has 3 unspecified atom stereocenters. The zero-order valence-electron chi connectivity index (χ0n) is 20.9. The van der Waals surface area contributed by atoms with E-state index in [1.54, 1.807) is 23.6 Å². The smallest absolute Gasteiger partial charge is 0.244 e. The van der Waals surface area contributed by atoms with Gasteiger partial charge in [0.1, 0.15) is 6.04 Å². The number of carbonyl (C=O) groups excluding carboxylic acids is 3. The molecule has 9 heteroatoms. The summed E-state index contributed by atoms with van der Waals surface area (Å²) >= 11 is 5.39. The van der Waals surface area contributed by atoms with E-state index in [0.29, 0.717) is 13.0 Å². The van der Waals surface area contributed by atoms with E-state index in [2.05, 4.69) is 47.3 Å². The summed E-state index contributed by atoms with van der Waals surface area (Å²) < 4.78 is -0.685. The van der Waals surface area contributed by atoms with Crippen LogP contribution in [-0.2, 0) is 14.4 Å². The fourth-order valence-corrected chi connectivity index (χ4v) is 9.97. The molecule has 3 amide bonds. The van der Waals surface area contributed by atoms with Crippen LogP contribution in [0.1, 0.15) is 67.7 Å². The first-order valence-corrected chi connectivity index (χ1v) is 13.8. The Hall–Kier alpha value is -0.800. The Balaban J connectivity index is 1.99. The van der Waals surface area contributed by atoms with Gasteiger partial charge in [0, 0.05) is 22.2 Å². The summed E-state index contributed by atoms with van der Waals surface area (Å²) in [6.07, 6.45) is 2.24. The van der Waals surface area contributed by atoms with E-state index in [0.717, 1.165) is 12.8 Å². The van der Waals surface area contributed by atoms with Gasteiger partial charge in [0.15, 0.2) is 0 Å². The van der Waals surface area contributed by atoms with Crippen molar-refractivity contribution in [1.82, 2.24) is 15.5 Å². The fourth-order valence-electron chi connectivity index (χ4n) is 6.37. The highest BCUT2D eigenvalue weighted by atomic mass is 79.9. The molecule has 0 aromatic heterocycles. The Morgan fingerprint density at radius 1 is 1.27 bits per heavy atom. The summed E-state index contributed by atoms with van der Waals surface area (Å²) in [7, 11) is 0. The molecule has 3 aliphatic heterocycles. The number of aliphatic hydroxyl groups is 1. The van der Waals surface area contributed by atoms with E-state index in [1.165, 1.54) is 0 Å². The standard InChI is InChI=1S/C24H40BrN3O4S/c1-8-9-26-19(30)15-16-21(32)28(13(2)11-29)18(24(16)10-14(25)17(15)33-24)20(31)27-23(6,7)12-22(3,4)5/h13-18,29H,8-12H2,1-7H3,(H,26,30)(H,27,31)/t13-,14?,15+,16+,17+,18?,24?/m1/s1. The van der Waals surface area contributed by atoms with Gasteiger partial charge < -0.3 is 20.6 Å². The minimum absolute atomic E-state index is 0.0190. The Bertz CT molecular complexity index is 801. The maximum atomic E-state index is 13.9. The number of halogens is 1. The van der Waals surface area contributed by atoms with E-state index in [4.69, 9.17) is 0 Å². The predicted molar refractivity (Wildman–Crippen MR) is 135 cm³/mol. The van der Waals surface area contributed by atoms with E-state index in [9.17, 15) is 19.5 Å². The number of likely N-dealkylation sites (tertiary alicyclic amines) is 1. The molecule has 7 nitrogen and oxygen atoms in total. The number of aliphatic hydroxyl groups excluding tert-OH is 1. The molecular formula is C24H40BrN3O4S. The summed E-state index contributed by atoms with van der Waals surface area (Å²) in [6.45, 7) is 14.5. The first kappa shape index (κ1) is 26.8. The SMILES string of the molecule is CCCNC(=O)[C@H]1[C@H]2C(=O)N([C@H](C)CO)C(C(=O)NC(C)(C)CC(C)(C)C)C23CC(Br)[C@@H]1S3. The number of hydrogen-bond donors (Lipinski definition) is 3. The largest absolute Gasteiger partial charge is 0.394 e. The number of hydrogen-bond acceptors (Lipinski definition) is 5. The lowest BCUT2D eigenvalue weighted by atomic mass is 9.70. The number of alkyl halides is 1. The third-order valence-corrected chi connectivity index (χ3v) is 10.2. The van der Waals surface area contributed by atoms with Crippen molar-refractivity contribution < 1.29 is 19.5 Å². The summed E-state index contributed by atoms with van der Waals surface area (Å²) in [4.78, 5) is 42.5. The highest BCUT2D eigenvalue weighted by Gasteiger charge is 2.76. The molecule has 2 bridgehead atoms. The van der Waals surface area contributed by atoms with Gasteiger partial charge in [-0.05, 0) is 45.4 Å². The molecular weight excluding hydrogens is 506 g/mol. The summed E-state index contributed by atoms with van der Waals surface area (Å²) in [5.74, 6) is -1.53. The van der Waals surface area contributed by atoms with Crippen molar-refractivity contribution in [3.8, 4) is 0 Å². The second-order valence-electron chi connectivity index (χ2n) is 11.8. The van der Waals surface area contributed by atoms with Crippen molar-refractivity contribution >= 4 is 45.4 Å². The monoisotopic (exact) mass is 545 g/mol. The zero-order valence-corrected chi connectivity index (χ0v) is 23.3. The van der Waals surface area contributed by atoms with E-state index in [-0.39, 0.29) is 39.8 Å². The first-order valence-electron chi connectivity index (χ1n) is 12.0. The van der Waals surface area contributed by atoms with Gasteiger partial charge in [0.2, 0.25) is 17.7 Å². The number of nitrogens with one attached hydrogen (secondary N) is 2. The molecule has 0 radical (unpaired) electrons. The summed E-state index contributed by atoms with van der Waals surface area (Å²) in [6, 6.07) is -1.23. The molecule has 0 aromatic rings. The van der Waals surface area contributed by atoms with Gasteiger partial charge in [-0.15, -0.1) is 11.8 Å². The molecule has 3 saturated heterocycles. The summed E-state index contributed by atoms with van der Waals surface area (Å²) in [5.41, 5.74) is -0.445. The fraction of sp³-hybridized carbons (Fsp3) is 0.875. The normalized spacial score (nSPS) is 34.4. The minimum atomic E-state index is -0.726. The number of carbonyl (C=O) groups is 3. The van der Waals surface area contributed by atoms with Gasteiger partial charge in [-0.3, -0.25) is 14.4 Å². The van der Waals surface area contributed by atoms with E-state index >= 15 is 0 Å². The molecule has 3 heterocycles. The maximum Gasteiger partial charge on any atom is 0.244 e. The molecule has 3 fully saturated rings. The average molecular weight is 547 g/mol. The molecule has 7 atom stereocenters. The van der Waals surface area contributed by atoms with Crippen LogP contribution < -0.4 is 10.6 Å². The van der Waals surface area contributed by atoms with Crippen LogP contribution in [0.5, 0.6) is 0 Å². The molecule has 188 valence electrons. The molecule has 3 aliphatic rings. The van der Waals surface area contributed by atoms with E-state index < -0.39 is 34.2 Å². The van der Waals surface area contributed by atoms with Gasteiger partial charge in [-0.2, -0.15) is 0 Å². The lowest BCUT2D eigenvalue weighted by Crippen LogP contribution is -2.60. The second-order valence-corrected chi connectivity index (χ2v) is 14.6. The zero-order chi connectivity index (χ0) is 24.9. The van der Waals surface area contributed by atoms with Crippen LogP contribution in [0.15, 0.2) is 0 Å². The van der Waals surface area contributed by atoms with Crippen molar-refractivity contribution in [2.45, 2.75) is 100 Å². The maximum absolute atomic E-state index is 13.9. The Morgan fingerprint density at radius 2 is 1.91 bits per heavy atom. The van der Waals surface area contributed by atoms with Crippen LogP contribution >= 0.6 is 27.7 Å². The summed E-state index contributed by atoms with van der Waals surface area (Å²) in [5, 5.41) is 16.1. The van der Waals surface area contributed by atoms with Gasteiger partial charge in [0.05, 0.1) is 29.2 Å². The molecule has 33 heavy (non-hydrogen) atoms. The second kappa shape index (κ2) is 9.34. The molecule has 3 rings (SSSR count).